The third-order valence-corrected chi connectivity index (χ3v) is 6.00. The second-order valence-corrected chi connectivity index (χ2v) is 7.38. The molecule has 0 amide bonds. The summed E-state index contributed by atoms with van der Waals surface area (Å²) in [5.74, 6) is 0.0822. The SMILES string of the molecule is Cc1[nH]nc(CCl)c1S(=O)(=O)N(C)CCN1CCCC1. The van der Waals surface area contributed by atoms with Crippen molar-refractivity contribution in [1.29, 1.82) is 0 Å². The maximum atomic E-state index is 12.6. The van der Waals surface area contributed by atoms with E-state index in [4.69, 9.17) is 11.6 Å². The van der Waals surface area contributed by atoms with Gasteiger partial charge in [0, 0.05) is 20.1 Å². The number of hydrogen-bond donors (Lipinski definition) is 1. The van der Waals surface area contributed by atoms with E-state index in [-0.39, 0.29) is 10.8 Å². The van der Waals surface area contributed by atoms with Gasteiger partial charge in [0.2, 0.25) is 10.0 Å². The highest BCUT2D eigenvalue weighted by Gasteiger charge is 2.28. The molecule has 0 atom stereocenters. The van der Waals surface area contributed by atoms with E-state index in [2.05, 4.69) is 15.1 Å². The van der Waals surface area contributed by atoms with Gasteiger partial charge in [0.15, 0.2) is 0 Å². The van der Waals surface area contributed by atoms with Gasteiger partial charge >= 0.3 is 0 Å². The van der Waals surface area contributed by atoms with E-state index in [1.165, 1.54) is 17.1 Å². The van der Waals surface area contributed by atoms with Crippen LogP contribution < -0.4 is 0 Å². The molecule has 0 aromatic carbocycles. The number of likely N-dealkylation sites (N-methyl/N-ethyl adjacent to an activating group) is 1. The van der Waals surface area contributed by atoms with Gasteiger partial charge in [-0.2, -0.15) is 9.40 Å². The number of sulfonamides is 1. The van der Waals surface area contributed by atoms with E-state index in [9.17, 15) is 8.42 Å². The molecule has 0 aliphatic carbocycles. The number of aromatic amines is 1. The van der Waals surface area contributed by atoms with Gasteiger partial charge < -0.3 is 4.90 Å². The molecule has 1 fully saturated rings. The van der Waals surface area contributed by atoms with Crippen LogP contribution in [0, 0.1) is 6.92 Å². The zero-order chi connectivity index (χ0) is 14.8. The van der Waals surface area contributed by atoms with Crippen LogP contribution >= 0.6 is 11.6 Å². The molecule has 0 spiro atoms. The number of nitrogens with one attached hydrogen (secondary N) is 1. The molecular weight excluding hydrogens is 300 g/mol. The van der Waals surface area contributed by atoms with Crippen molar-refractivity contribution in [3.63, 3.8) is 0 Å². The summed E-state index contributed by atoms with van der Waals surface area (Å²) < 4.78 is 26.6. The minimum absolute atomic E-state index is 0.0822. The van der Waals surface area contributed by atoms with Gasteiger partial charge in [-0.3, -0.25) is 5.10 Å². The fourth-order valence-corrected chi connectivity index (χ4v) is 4.22. The smallest absolute Gasteiger partial charge is 0.246 e. The number of halogens is 1. The highest BCUT2D eigenvalue weighted by atomic mass is 35.5. The third kappa shape index (κ3) is 3.16. The standard InChI is InChI=1S/C12H21ClN4O2S/c1-10-12(11(9-13)15-14-10)20(18,19)16(2)7-8-17-5-3-4-6-17/h3-9H2,1-2H3,(H,14,15). The van der Waals surface area contributed by atoms with Crippen molar-refractivity contribution in [1.82, 2.24) is 19.4 Å². The van der Waals surface area contributed by atoms with E-state index in [1.807, 2.05) is 0 Å². The Morgan fingerprint density at radius 2 is 2.05 bits per heavy atom. The van der Waals surface area contributed by atoms with Gasteiger partial charge in [-0.1, -0.05) is 0 Å². The average molecular weight is 321 g/mol. The molecule has 0 unspecified atom stereocenters. The molecule has 1 aliphatic rings. The van der Waals surface area contributed by atoms with E-state index in [0.29, 0.717) is 17.9 Å². The lowest BCUT2D eigenvalue weighted by Crippen LogP contribution is -2.35. The summed E-state index contributed by atoms with van der Waals surface area (Å²) in [5, 5.41) is 6.64. The van der Waals surface area contributed by atoms with Crippen LogP contribution in [-0.4, -0.2) is 61.0 Å². The number of aromatic nitrogens is 2. The third-order valence-electron chi connectivity index (χ3n) is 3.69. The van der Waals surface area contributed by atoms with Crippen LogP contribution in [0.4, 0.5) is 0 Å². The Morgan fingerprint density at radius 3 is 2.65 bits per heavy atom. The number of hydrogen-bond acceptors (Lipinski definition) is 4. The molecule has 0 bridgehead atoms. The van der Waals surface area contributed by atoms with Crippen molar-refractivity contribution in [3.05, 3.63) is 11.4 Å². The van der Waals surface area contributed by atoms with Crippen LogP contribution in [0.5, 0.6) is 0 Å². The van der Waals surface area contributed by atoms with Crippen LogP contribution in [0.2, 0.25) is 0 Å². The van der Waals surface area contributed by atoms with E-state index in [1.54, 1.807) is 14.0 Å². The van der Waals surface area contributed by atoms with Crippen LogP contribution in [0.3, 0.4) is 0 Å². The topological polar surface area (TPSA) is 69.3 Å². The first-order valence-electron chi connectivity index (χ1n) is 6.75. The molecule has 1 aliphatic heterocycles. The van der Waals surface area contributed by atoms with Crippen LogP contribution in [0.15, 0.2) is 4.90 Å². The predicted octanol–water partition coefficient (Wildman–Crippen LogP) is 1.17. The van der Waals surface area contributed by atoms with Crippen LogP contribution in [-0.2, 0) is 15.9 Å². The summed E-state index contributed by atoms with van der Waals surface area (Å²) in [6, 6.07) is 0. The first-order chi connectivity index (χ1) is 9.46. The number of likely N-dealkylation sites (tertiary alicyclic amines) is 1. The van der Waals surface area contributed by atoms with Crippen molar-refractivity contribution < 1.29 is 8.42 Å². The number of aryl methyl sites for hydroxylation is 1. The lowest BCUT2D eigenvalue weighted by molar-refractivity contribution is 0.310. The van der Waals surface area contributed by atoms with E-state index < -0.39 is 10.0 Å². The predicted molar refractivity (Wildman–Crippen MR) is 78.4 cm³/mol. The second kappa shape index (κ2) is 6.43. The first-order valence-corrected chi connectivity index (χ1v) is 8.72. The Balaban J connectivity index is 2.10. The molecule has 2 heterocycles. The minimum Gasteiger partial charge on any atom is -0.302 e. The van der Waals surface area contributed by atoms with Crippen molar-refractivity contribution in [3.8, 4) is 0 Å². The van der Waals surface area contributed by atoms with Crippen molar-refractivity contribution in [2.75, 3.05) is 33.2 Å². The highest BCUT2D eigenvalue weighted by molar-refractivity contribution is 7.89. The monoisotopic (exact) mass is 320 g/mol. The Kier molecular flexibility index (Phi) is 5.06. The second-order valence-electron chi connectivity index (χ2n) is 5.13. The summed E-state index contributed by atoms with van der Waals surface area (Å²) in [4.78, 5) is 2.51. The van der Waals surface area contributed by atoms with Gasteiger partial charge in [0.25, 0.3) is 0 Å². The number of rotatable bonds is 6. The minimum atomic E-state index is -3.53. The van der Waals surface area contributed by atoms with Gasteiger partial charge in [-0.25, -0.2) is 8.42 Å². The highest BCUT2D eigenvalue weighted by Crippen LogP contribution is 2.22. The van der Waals surface area contributed by atoms with Crippen LogP contribution in [0.1, 0.15) is 24.2 Å². The zero-order valence-corrected chi connectivity index (χ0v) is 13.5. The molecule has 2 rings (SSSR count). The number of H-pyrrole nitrogens is 1. The molecular formula is C12H21ClN4O2S. The Labute approximate surface area is 125 Å². The normalized spacial score (nSPS) is 17.2. The van der Waals surface area contributed by atoms with Gasteiger partial charge in [0.1, 0.15) is 4.90 Å². The molecule has 114 valence electrons. The molecule has 0 saturated carbocycles. The largest absolute Gasteiger partial charge is 0.302 e. The maximum Gasteiger partial charge on any atom is 0.246 e. The van der Waals surface area contributed by atoms with Crippen molar-refractivity contribution in [2.24, 2.45) is 0 Å². The van der Waals surface area contributed by atoms with Gasteiger partial charge in [-0.15, -0.1) is 11.6 Å². The summed E-state index contributed by atoms with van der Waals surface area (Å²) in [6.45, 7) is 5.07. The molecule has 20 heavy (non-hydrogen) atoms. The van der Waals surface area contributed by atoms with Crippen molar-refractivity contribution in [2.45, 2.75) is 30.5 Å². The quantitative estimate of drug-likeness (QED) is 0.799. The van der Waals surface area contributed by atoms with Crippen LogP contribution in [0.25, 0.3) is 0 Å². The molecule has 0 radical (unpaired) electrons. The van der Waals surface area contributed by atoms with E-state index in [0.717, 1.165) is 19.6 Å². The summed E-state index contributed by atoms with van der Waals surface area (Å²) >= 11 is 5.76. The Bertz CT molecular complexity index is 552. The van der Waals surface area contributed by atoms with Gasteiger partial charge in [-0.05, 0) is 32.9 Å². The molecule has 6 nitrogen and oxygen atoms in total. The Hall–Kier alpha value is -0.630. The fraction of sp³-hybridized carbons (Fsp3) is 0.750. The molecule has 1 N–H and O–H groups in total. The maximum absolute atomic E-state index is 12.6. The molecule has 1 aromatic heterocycles. The summed E-state index contributed by atoms with van der Waals surface area (Å²) in [5.41, 5.74) is 0.922. The zero-order valence-electron chi connectivity index (χ0n) is 11.9. The average Bonchev–Trinajstić information content (AvgIpc) is 3.04. The molecule has 8 heteroatoms. The lowest BCUT2D eigenvalue weighted by atomic mass is 10.4. The lowest BCUT2D eigenvalue weighted by Gasteiger charge is -2.21. The molecule has 1 saturated heterocycles. The Morgan fingerprint density at radius 1 is 1.40 bits per heavy atom. The first kappa shape index (κ1) is 15.8. The van der Waals surface area contributed by atoms with Gasteiger partial charge in [0.05, 0.1) is 17.3 Å². The summed E-state index contributed by atoms with van der Waals surface area (Å²) in [7, 11) is -1.93. The summed E-state index contributed by atoms with van der Waals surface area (Å²) in [6.07, 6.45) is 2.40. The number of alkyl halides is 1. The fourth-order valence-electron chi connectivity index (χ4n) is 2.47. The number of nitrogens with zero attached hydrogens (tertiary/aromatic N) is 3. The van der Waals surface area contributed by atoms with E-state index >= 15 is 0 Å². The van der Waals surface area contributed by atoms with Crippen molar-refractivity contribution >= 4 is 21.6 Å². The molecule has 1 aromatic rings.